The molecule has 0 aliphatic carbocycles. The average molecular weight is 373 g/mol. The minimum Gasteiger partial charge on any atom is -0.497 e. The minimum absolute atomic E-state index is 0.164. The Bertz CT molecular complexity index is 733. The lowest BCUT2D eigenvalue weighted by atomic mass is 10.1. The number of benzene rings is 1. The fraction of sp³-hybridized carbons (Fsp3) is 0.474. The molecule has 1 atom stereocenters. The van der Waals surface area contributed by atoms with Gasteiger partial charge in [0.2, 0.25) is 0 Å². The van der Waals surface area contributed by atoms with Crippen LogP contribution in [0.5, 0.6) is 11.5 Å². The first-order chi connectivity index (χ1) is 13.2. The molecule has 146 valence electrons. The first-order valence-corrected chi connectivity index (χ1v) is 9.20. The lowest BCUT2D eigenvalue weighted by Gasteiger charge is -2.22. The Hall–Kier alpha value is -2.74. The predicted octanol–water partition coefficient (Wildman–Crippen LogP) is 1.67. The Balaban J connectivity index is 1.46. The molecule has 27 heavy (non-hydrogen) atoms. The summed E-state index contributed by atoms with van der Waals surface area (Å²) in [6, 6.07) is 7.66. The second-order valence-electron chi connectivity index (χ2n) is 6.47. The first-order valence-electron chi connectivity index (χ1n) is 9.20. The van der Waals surface area contributed by atoms with Gasteiger partial charge in [-0.15, -0.1) is 0 Å². The van der Waals surface area contributed by atoms with Gasteiger partial charge in [-0.25, -0.2) is 0 Å². The Morgan fingerprint density at radius 2 is 2.04 bits per heavy atom. The van der Waals surface area contributed by atoms with E-state index in [1.807, 2.05) is 29.1 Å². The van der Waals surface area contributed by atoms with Crippen molar-refractivity contribution in [3.05, 3.63) is 36.2 Å². The van der Waals surface area contributed by atoms with Gasteiger partial charge in [-0.1, -0.05) is 0 Å². The van der Waals surface area contributed by atoms with Gasteiger partial charge in [-0.05, 0) is 25.5 Å². The van der Waals surface area contributed by atoms with Crippen LogP contribution in [0.2, 0.25) is 0 Å². The molecule has 1 aliphatic heterocycles. The third kappa shape index (κ3) is 5.13. The maximum Gasteiger partial charge on any atom is 0.271 e. The van der Waals surface area contributed by atoms with Gasteiger partial charge in [0.1, 0.15) is 17.2 Å². The number of nitrogens with one attached hydrogen (secondary N) is 3. The fourth-order valence-corrected chi connectivity index (χ4v) is 3.10. The Morgan fingerprint density at radius 3 is 2.70 bits per heavy atom. The summed E-state index contributed by atoms with van der Waals surface area (Å²) in [6.07, 6.45) is 4.10. The molecule has 1 aromatic heterocycles. The van der Waals surface area contributed by atoms with Gasteiger partial charge in [-0.3, -0.25) is 9.48 Å². The molecule has 0 radical (unpaired) electrons. The van der Waals surface area contributed by atoms with Crippen LogP contribution in [0.15, 0.2) is 30.5 Å². The van der Waals surface area contributed by atoms with E-state index < -0.39 is 0 Å². The molecule has 2 heterocycles. The maximum atomic E-state index is 12.3. The number of aromatic nitrogens is 2. The van der Waals surface area contributed by atoms with Crippen LogP contribution in [-0.4, -0.2) is 56.1 Å². The summed E-state index contributed by atoms with van der Waals surface area (Å²) < 4.78 is 12.4. The smallest absolute Gasteiger partial charge is 0.271 e. The van der Waals surface area contributed by atoms with Crippen LogP contribution in [0.1, 0.15) is 29.4 Å². The molecule has 1 saturated heterocycles. The zero-order valence-electron chi connectivity index (χ0n) is 15.8. The van der Waals surface area contributed by atoms with Gasteiger partial charge >= 0.3 is 0 Å². The van der Waals surface area contributed by atoms with Crippen molar-refractivity contribution in [3.63, 3.8) is 0 Å². The van der Waals surface area contributed by atoms with E-state index in [4.69, 9.17) is 9.47 Å². The van der Waals surface area contributed by atoms with Crippen molar-refractivity contribution in [2.45, 2.75) is 18.9 Å². The Kier molecular flexibility index (Phi) is 6.54. The van der Waals surface area contributed by atoms with Gasteiger partial charge in [-0.2, -0.15) is 5.10 Å². The van der Waals surface area contributed by atoms with Gasteiger partial charge in [0.05, 0.1) is 20.3 Å². The van der Waals surface area contributed by atoms with Crippen LogP contribution >= 0.6 is 0 Å². The number of anilines is 1. The van der Waals surface area contributed by atoms with Crippen LogP contribution in [0, 0.1) is 0 Å². The Morgan fingerprint density at radius 1 is 1.26 bits per heavy atom. The summed E-state index contributed by atoms with van der Waals surface area (Å²) >= 11 is 0. The summed E-state index contributed by atoms with van der Waals surface area (Å²) in [7, 11) is 3.22. The number of nitrogens with zero attached hydrogens (tertiary/aromatic N) is 2. The van der Waals surface area contributed by atoms with Crippen molar-refractivity contribution in [2.75, 3.05) is 45.7 Å². The number of amides is 1. The first kappa shape index (κ1) is 19.0. The molecule has 1 unspecified atom stereocenters. The summed E-state index contributed by atoms with van der Waals surface area (Å²) in [4.78, 5) is 12.3. The minimum atomic E-state index is -0.164. The monoisotopic (exact) mass is 373 g/mol. The molecular weight excluding hydrogens is 346 g/mol. The number of piperidine rings is 1. The topological polar surface area (TPSA) is 89.4 Å². The number of carbonyl (C=O) groups excluding carboxylic acids is 1. The summed E-state index contributed by atoms with van der Waals surface area (Å²) in [5.74, 6) is 1.26. The maximum absolute atomic E-state index is 12.3. The predicted molar refractivity (Wildman–Crippen MR) is 104 cm³/mol. The molecule has 8 heteroatoms. The highest BCUT2D eigenvalue weighted by atomic mass is 16.5. The second-order valence-corrected chi connectivity index (χ2v) is 6.47. The second kappa shape index (κ2) is 9.27. The zero-order chi connectivity index (χ0) is 19.1. The summed E-state index contributed by atoms with van der Waals surface area (Å²) in [5, 5.41) is 13.9. The van der Waals surface area contributed by atoms with Gasteiger partial charge in [0.15, 0.2) is 0 Å². The van der Waals surface area contributed by atoms with Crippen molar-refractivity contribution in [1.29, 1.82) is 0 Å². The van der Waals surface area contributed by atoms with Crippen molar-refractivity contribution in [1.82, 2.24) is 20.4 Å². The normalized spacial score (nSPS) is 16.6. The third-order valence-corrected chi connectivity index (χ3v) is 4.58. The molecule has 1 amide bonds. The lowest BCUT2D eigenvalue weighted by Crippen LogP contribution is -2.32. The van der Waals surface area contributed by atoms with Crippen LogP contribution in [0.25, 0.3) is 0 Å². The number of ether oxygens (including phenoxy) is 2. The van der Waals surface area contributed by atoms with Crippen molar-refractivity contribution in [2.24, 2.45) is 0 Å². The zero-order valence-corrected chi connectivity index (χ0v) is 15.8. The lowest BCUT2D eigenvalue weighted by molar-refractivity contribution is 0.0949. The highest BCUT2D eigenvalue weighted by Gasteiger charge is 2.17. The molecule has 3 rings (SSSR count). The molecule has 8 nitrogen and oxygen atoms in total. The van der Waals surface area contributed by atoms with E-state index >= 15 is 0 Å². The van der Waals surface area contributed by atoms with E-state index in [2.05, 4.69) is 21.0 Å². The van der Waals surface area contributed by atoms with Crippen molar-refractivity contribution in [3.8, 4) is 11.5 Å². The highest BCUT2D eigenvalue weighted by molar-refractivity contribution is 5.92. The summed E-state index contributed by atoms with van der Waals surface area (Å²) in [5.41, 5.74) is 1.32. The van der Waals surface area contributed by atoms with Gasteiger partial charge < -0.3 is 25.4 Å². The average Bonchev–Trinajstić information content (AvgIpc) is 3.22. The number of carbonyl (C=O) groups is 1. The largest absolute Gasteiger partial charge is 0.497 e. The van der Waals surface area contributed by atoms with Crippen LogP contribution in [0.3, 0.4) is 0 Å². The van der Waals surface area contributed by atoms with E-state index in [9.17, 15) is 4.79 Å². The molecule has 1 aromatic carbocycles. The van der Waals surface area contributed by atoms with Crippen LogP contribution < -0.4 is 25.4 Å². The van der Waals surface area contributed by atoms with Crippen LogP contribution in [0.4, 0.5) is 5.69 Å². The highest BCUT2D eigenvalue weighted by Crippen LogP contribution is 2.25. The fourth-order valence-electron chi connectivity index (χ4n) is 3.10. The molecule has 0 bridgehead atoms. The van der Waals surface area contributed by atoms with E-state index in [-0.39, 0.29) is 5.91 Å². The number of hydrogen-bond donors (Lipinski definition) is 3. The van der Waals surface area contributed by atoms with Crippen molar-refractivity contribution >= 4 is 11.6 Å². The van der Waals surface area contributed by atoms with Gasteiger partial charge in [0.25, 0.3) is 5.91 Å². The molecular formula is C19H27N5O3. The molecule has 0 spiro atoms. The number of rotatable bonds is 8. The van der Waals surface area contributed by atoms with E-state index in [1.54, 1.807) is 20.3 Å². The van der Waals surface area contributed by atoms with E-state index in [1.165, 1.54) is 0 Å². The van der Waals surface area contributed by atoms with E-state index in [0.29, 0.717) is 36.3 Å². The standard InChI is InChI=1S/C19H27N5O3/c1-26-16-10-14(11-17(12-16)27-2)21-7-8-22-19(25)18-5-9-24(23-18)15-4-3-6-20-13-15/h5,9-12,15,20-21H,3-4,6-8,13H2,1-2H3,(H,22,25). The molecule has 1 fully saturated rings. The SMILES string of the molecule is COc1cc(NCCNC(=O)c2ccn(C3CCCNC3)n2)cc(OC)c1. The Labute approximate surface area is 159 Å². The molecule has 1 aliphatic rings. The number of methoxy groups -OCH3 is 2. The van der Waals surface area contributed by atoms with E-state index in [0.717, 1.165) is 31.6 Å². The quantitative estimate of drug-likeness (QED) is 0.610. The third-order valence-electron chi connectivity index (χ3n) is 4.58. The summed E-state index contributed by atoms with van der Waals surface area (Å²) in [6.45, 7) is 3.01. The number of hydrogen-bond acceptors (Lipinski definition) is 6. The van der Waals surface area contributed by atoms with Crippen LogP contribution in [-0.2, 0) is 0 Å². The molecule has 2 aromatic rings. The molecule has 3 N–H and O–H groups in total. The van der Waals surface area contributed by atoms with Gasteiger partial charge in [0, 0.05) is 49.7 Å². The van der Waals surface area contributed by atoms with Crippen molar-refractivity contribution < 1.29 is 14.3 Å². The molecule has 0 saturated carbocycles.